The molecule has 0 heterocycles. The molecule has 8 heteroatoms. The Bertz CT molecular complexity index is 183. The molecule has 102 valence electrons. The molecule has 0 aliphatic rings. The van der Waals surface area contributed by atoms with E-state index in [0.29, 0.717) is 19.8 Å². The molecule has 0 aromatic carbocycles. The van der Waals surface area contributed by atoms with Crippen molar-refractivity contribution in [2.24, 2.45) is 0 Å². The standard InChI is InChI=1S/C6H15O3P.C3H4O4/c1-4-7-10(8-5-2)9-6-3;4-2(5)1-3(6)7/h4-6H2,1-3H3;1H2,(H,4,5)(H,6,7). The minimum absolute atomic E-state index is 0.645. The maximum Gasteiger partial charge on any atom is 0.332 e. The zero-order valence-corrected chi connectivity index (χ0v) is 11.1. The molecule has 0 rings (SSSR count). The van der Waals surface area contributed by atoms with E-state index in [2.05, 4.69) is 0 Å². The highest BCUT2D eigenvalue weighted by Gasteiger charge is 2.07. The molecular formula is C9H19O7P. The summed E-state index contributed by atoms with van der Waals surface area (Å²) in [4.78, 5) is 18.9. The number of rotatable bonds is 8. The van der Waals surface area contributed by atoms with E-state index >= 15 is 0 Å². The maximum absolute atomic E-state index is 9.43. The van der Waals surface area contributed by atoms with Crippen molar-refractivity contribution in [3.63, 3.8) is 0 Å². The Kier molecular flexibility index (Phi) is 14.6. The molecule has 0 spiro atoms. The van der Waals surface area contributed by atoms with Crippen molar-refractivity contribution in [1.29, 1.82) is 0 Å². The van der Waals surface area contributed by atoms with Crippen LogP contribution >= 0.6 is 8.60 Å². The van der Waals surface area contributed by atoms with Crippen LogP contribution in [0, 0.1) is 0 Å². The minimum atomic E-state index is -1.31. The molecule has 7 nitrogen and oxygen atoms in total. The summed E-state index contributed by atoms with van der Waals surface area (Å²) in [5.41, 5.74) is 0. The third-order valence-corrected chi connectivity index (χ3v) is 2.41. The lowest BCUT2D eigenvalue weighted by molar-refractivity contribution is -0.147. The molecule has 0 aromatic heterocycles. The summed E-state index contributed by atoms with van der Waals surface area (Å²) in [6.45, 7) is 7.71. The number of hydrogen-bond acceptors (Lipinski definition) is 5. The van der Waals surface area contributed by atoms with Gasteiger partial charge in [-0.3, -0.25) is 9.59 Å². The second kappa shape index (κ2) is 13.3. The van der Waals surface area contributed by atoms with Gasteiger partial charge < -0.3 is 23.8 Å². The van der Waals surface area contributed by atoms with Crippen molar-refractivity contribution in [3.05, 3.63) is 0 Å². The van der Waals surface area contributed by atoms with Crippen LogP contribution in [0.1, 0.15) is 27.2 Å². The van der Waals surface area contributed by atoms with Gasteiger partial charge in [0.05, 0.1) is 19.8 Å². The fourth-order valence-corrected chi connectivity index (χ4v) is 1.41. The van der Waals surface area contributed by atoms with Gasteiger partial charge in [-0.25, -0.2) is 0 Å². The number of hydrogen-bond donors (Lipinski definition) is 2. The van der Waals surface area contributed by atoms with E-state index < -0.39 is 27.0 Å². The Morgan fingerprint density at radius 1 is 0.882 bits per heavy atom. The molecule has 0 fully saturated rings. The van der Waals surface area contributed by atoms with Crippen LogP contribution in [0.5, 0.6) is 0 Å². The number of aliphatic carboxylic acids is 2. The molecule has 0 unspecified atom stereocenters. The molecule has 0 aliphatic carbocycles. The fraction of sp³-hybridized carbons (Fsp3) is 0.778. The topological polar surface area (TPSA) is 102 Å². The number of carbonyl (C=O) groups is 2. The van der Waals surface area contributed by atoms with Gasteiger partial charge in [-0.1, -0.05) is 0 Å². The molecule has 2 N–H and O–H groups in total. The van der Waals surface area contributed by atoms with Crippen LogP contribution in [0.4, 0.5) is 0 Å². The average Bonchev–Trinajstić information content (AvgIpc) is 2.17. The lowest BCUT2D eigenvalue weighted by Crippen LogP contribution is -2.03. The van der Waals surface area contributed by atoms with Crippen LogP contribution in [0.25, 0.3) is 0 Å². The quantitative estimate of drug-likeness (QED) is 0.512. The van der Waals surface area contributed by atoms with Crippen LogP contribution in [0.2, 0.25) is 0 Å². The molecule has 17 heavy (non-hydrogen) atoms. The summed E-state index contributed by atoms with van der Waals surface area (Å²) in [5.74, 6) is -2.62. The van der Waals surface area contributed by atoms with Crippen molar-refractivity contribution in [3.8, 4) is 0 Å². The third kappa shape index (κ3) is 17.8. The smallest absolute Gasteiger partial charge is 0.332 e. The van der Waals surface area contributed by atoms with E-state index in [0.717, 1.165) is 0 Å². The second-order valence-corrected chi connectivity index (χ2v) is 3.66. The third-order valence-electron chi connectivity index (χ3n) is 1.01. The molecule has 0 amide bonds. The summed E-state index contributed by atoms with van der Waals surface area (Å²) in [6, 6.07) is 0. The van der Waals surface area contributed by atoms with E-state index in [1.54, 1.807) is 0 Å². The van der Waals surface area contributed by atoms with E-state index in [1.807, 2.05) is 20.8 Å². The molecule has 0 bridgehead atoms. The number of carboxylic acid groups (broad SMARTS) is 2. The first-order chi connectivity index (χ1) is 7.97. The molecule has 0 saturated carbocycles. The van der Waals surface area contributed by atoms with Crippen molar-refractivity contribution >= 4 is 20.5 Å². The molecule has 0 radical (unpaired) electrons. The van der Waals surface area contributed by atoms with E-state index in [4.69, 9.17) is 23.8 Å². The average molecular weight is 270 g/mol. The summed E-state index contributed by atoms with van der Waals surface area (Å²) < 4.78 is 15.4. The number of carboxylic acids is 2. The van der Waals surface area contributed by atoms with Gasteiger partial charge in [0, 0.05) is 0 Å². The Labute approximate surface area is 102 Å². The van der Waals surface area contributed by atoms with Crippen molar-refractivity contribution in [2.45, 2.75) is 27.2 Å². The Morgan fingerprint density at radius 3 is 1.29 bits per heavy atom. The van der Waals surface area contributed by atoms with Gasteiger partial charge in [0.2, 0.25) is 0 Å². The zero-order valence-electron chi connectivity index (χ0n) is 10.2. The normalized spacial score (nSPS) is 9.65. The van der Waals surface area contributed by atoms with Gasteiger partial charge in [0.25, 0.3) is 0 Å². The van der Waals surface area contributed by atoms with Gasteiger partial charge in [-0.05, 0) is 20.8 Å². The summed E-state index contributed by atoms with van der Waals surface area (Å²) in [7, 11) is -1.06. The highest BCUT2D eigenvalue weighted by atomic mass is 31.2. The Balaban J connectivity index is 0. The first-order valence-electron chi connectivity index (χ1n) is 5.10. The minimum Gasteiger partial charge on any atom is -0.481 e. The predicted molar refractivity (Wildman–Crippen MR) is 61.7 cm³/mol. The fourth-order valence-electron chi connectivity index (χ4n) is 0.557. The molecular weight excluding hydrogens is 251 g/mol. The van der Waals surface area contributed by atoms with Crippen molar-refractivity contribution < 1.29 is 33.4 Å². The molecule has 0 atom stereocenters. The zero-order chi connectivity index (χ0) is 13.7. The predicted octanol–water partition coefficient (Wildman–Crippen LogP) is 1.87. The second-order valence-electron chi connectivity index (χ2n) is 2.44. The SMILES string of the molecule is CCOP(OCC)OCC.O=C(O)CC(=O)O. The van der Waals surface area contributed by atoms with Crippen LogP contribution in [0.15, 0.2) is 0 Å². The highest BCUT2D eigenvalue weighted by Crippen LogP contribution is 2.38. The van der Waals surface area contributed by atoms with Gasteiger partial charge >= 0.3 is 20.5 Å². The Hall–Kier alpha value is -0.750. The van der Waals surface area contributed by atoms with Crippen molar-refractivity contribution in [2.75, 3.05) is 19.8 Å². The Morgan fingerprint density at radius 2 is 1.18 bits per heavy atom. The maximum atomic E-state index is 9.43. The first kappa shape index (κ1) is 18.6. The van der Waals surface area contributed by atoms with Crippen LogP contribution in [0.3, 0.4) is 0 Å². The highest BCUT2D eigenvalue weighted by molar-refractivity contribution is 7.41. The van der Waals surface area contributed by atoms with E-state index in [-0.39, 0.29) is 0 Å². The molecule has 0 aromatic rings. The van der Waals surface area contributed by atoms with Gasteiger partial charge in [-0.15, -0.1) is 0 Å². The molecule has 0 aliphatic heterocycles. The van der Waals surface area contributed by atoms with E-state index in [1.165, 1.54) is 0 Å². The van der Waals surface area contributed by atoms with Gasteiger partial charge in [0.15, 0.2) is 0 Å². The van der Waals surface area contributed by atoms with E-state index in [9.17, 15) is 9.59 Å². The van der Waals surface area contributed by atoms with Crippen LogP contribution in [-0.4, -0.2) is 42.0 Å². The summed E-state index contributed by atoms with van der Waals surface area (Å²) >= 11 is 0. The van der Waals surface area contributed by atoms with Crippen LogP contribution < -0.4 is 0 Å². The van der Waals surface area contributed by atoms with Crippen LogP contribution in [-0.2, 0) is 23.2 Å². The molecule has 0 saturated heterocycles. The first-order valence-corrected chi connectivity index (χ1v) is 6.19. The summed E-state index contributed by atoms with van der Waals surface area (Å²) in [5, 5.41) is 15.4. The monoisotopic (exact) mass is 270 g/mol. The van der Waals surface area contributed by atoms with Gasteiger partial charge in [-0.2, -0.15) is 0 Å². The lowest BCUT2D eigenvalue weighted by Gasteiger charge is -2.12. The largest absolute Gasteiger partial charge is 0.481 e. The van der Waals surface area contributed by atoms with Crippen molar-refractivity contribution in [1.82, 2.24) is 0 Å². The summed E-state index contributed by atoms with van der Waals surface area (Å²) in [6.07, 6.45) is -0.806. The van der Waals surface area contributed by atoms with Gasteiger partial charge in [0.1, 0.15) is 6.42 Å². The lowest BCUT2D eigenvalue weighted by atomic mass is 10.5.